The molecule has 28 heavy (non-hydrogen) atoms. The summed E-state index contributed by atoms with van der Waals surface area (Å²) in [5, 5.41) is 6.41. The number of hydrogen-bond donors (Lipinski definition) is 3. The number of primary amides is 1. The van der Waals surface area contributed by atoms with Gasteiger partial charge >= 0.3 is 0 Å². The molecule has 0 saturated carbocycles. The normalized spacial score (nSPS) is 11.2. The maximum absolute atomic E-state index is 12.1. The lowest BCUT2D eigenvalue weighted by Gasteiger charge is -2.13. The summed E-state index contributed by atoms with van der Waals surface area (Å²) >= 11 is 0. The van der Waals surface area contributed by atoms with Crippen molar-refractivity contribution in [2.45, 2.75) is 19.9 Å². The first kappa shape index (κ1) is 21.0. The van der Waals surface area contributed by atoms with E-state index in [1.807, 2.05) is 31.2 Å². The third kappa shape index (κ3) is 6.15. The van der Waals surface area contributed by atoms with Crippen LogP contribution in [0.1, 0.15) is 39.2 Å². The lowest BCUT2D eigenvalue weighted by Crippen LogP contribution is -2.38. The molecule has 0 fully saturated rings. The Kier molecular flexibility index (Phi) is 7.62. The molecule has 4 N–H and O–H groups in total. The molecule has 0 spiro atoms. The van der Waals surface area contributed by atoms with E-state index < -0.39 is 5.91 Å². The van der Waals surface area contributed by atoms with Gasteiger partial charge in [0.15, 0.2) is 11.7 Å². The molecule has 0 radical (unpaired) electrons. The van der Waals surface area contributed by atoms with Crippen LogP contribution in [0.3, 0.4) is 0 Å². The Labute approximate surface area is 164 Å². The number of guanidine groups is 1. The highest BCUT2D eigenvalue weighted by Crippen LogP contribution is 2.09. The standard InChI is InChI=1S/C20H27N5O3/c1-4-22-20(24-13-16-8-9-17(28-16)18(21)26)23-11-10-14-6-5-7-15(12-14)19(27)25(2)3/h5-9,12H,4,10-11,13H2,1-3H3,(H2,21,26)(H2,22,23,24). The summed E-state index contributed by atoms with van der Waals surface area (Å²) in [6.07, 6.45) is 0.742. The number of benzene rings is 1. The number of furan rings is 1. The van der Waals surface area contributed by atoms with E-state index in [1.165, 1.54) is 6.07 Å². The van der Waals surface area contributed by atoms with E-state index in [0.29, 0.717) is 30.4 Å². The van der Waals surface area contributed by atoms with Crippen LogP contribution in [0.5, 0.6) is 0 Å². The van der Waals surface area contributed by atoms with Crippen molar-refractivity contribution in [3.8, 4) is 0 Å². The average Bonchev–Trinajstić information content (AvgIpc) is 3.15. The summed E-state index contributed by atoms with van der Waals surface area (Å²) in [6, 6.07) is 10.8. The van der Waals surface area contributed by atoms with Crippen LogP contribution in [-0.4, -0.2) is 49.9 Å². The van der Waals surface area contributed by atoms with Gasteiger partial charge in [-0.1, -0.05) is 12.1 Å². The molecule has 150 valence electrons. The smallest absolute Gasteiger partial charge is 0.284 e. The van der Waals surface area contributed by atoms with Crippen molar-refractivity contribution >= 4 is 17.8 Å². The van der Waals surface area contributed by atoms with Gasteiger partial charge in [-0.25, -0.2) is 4.99 Å². The van der Waals surface area contributed by atoms with Crippen molar-refractivity contribution < 1.29 is 14.0 Å². The molecule has 0 aliphatic carbocycles. The number of carbonyl (C=O) groups is 2. The topological polar surface area (TPSA) is 113 Å². The van der Waals surface area contributed by atoms with Gasteiger partial charge in [0.25, 0.3) is 11.8 Å². The van der Waals surface area contributed by atoms with Crippen LogP contribution >= 0.6 is 0 Å². The highest BCUT2D eigenvalue weighted by molar-refractivity contribution is 5.94. The van der Waals surface area contributed by atoms with E-state index in [-0.39, 0.29) is 18.2 Å². The van der Waals surface area contributed by atoms with E-state index in [9.17, 15) is 9.59 Å². The second kappa shape index (κ2) is 10.1. The van der Waals surface area contributed by atoms with Crippen LogP contribution in [0.15, 0.2) is 45.8 Å². The Morgan fingerprint density at radius 3 is 2.61 bits per heavy atom. The Balaban J connectivity index is 1.93. The van der Waals surface area contributed by atoms with Gasteiger partial charge < -0.3 is 25.7 Å². The summed E-state index contributed by atoms with van der Waals surface area (Å²) in [5.41, 5.74) is 6.92. The van der Waals surface area contributed by atoms with E-state index >= 15 is 0 Å². The van der Waals surface area contributed by atoms with Gasteiger partial charge in [-0.3, -0.25) is 9.59 Å². The average molecular weight is 385 g/mol. The van der Waals surface area contributed by atoms with E-state index in [4.69, 9.17) is 10.2 Å². The first-order chi connectivity index (χ1) is 13.4. The molecule has 1 aromatic heterocycles. The number of aliphatic imine (C=N–C) groups is 1. The molecule has 0 aliphatic rings. The van der Waals surface area contributed by atoms with Crippen molar-refractivity contribution in [2.24, 2.45) is 10.7 Å². The fourth-order valence-electron chi connectivity index (χ4n) is 2.54. The predicted octanol–water partition coefficient (Wildman–Crippen LogP) is 1.38. The van der Waals surface area contributed by atoms with Crippen molar-refractivity contribution in [3.63, 3.8) is 0 Å². The molecule has 1 heterocycles. The molecule has 8 nitrogen and oxygen atoms in total. The molecule has 0 atom stereocenters. The van der Waals surface area contributed by atoms with E-state index in [1.54, 1.807) is 25.1 Å². The van der Waals surface area contributed by atoms with Crippen molar-refractivity contribution in [2.75, 3.05) is 27.2 Å². The van der Waals surface area contributed by atoms with Gasteiger partial charge in [-0.2, -0.15) is 0 Å². The number of carbonyl (C=O) groups excluding carboxylic acids is 2. The fourth-order valence-corrected chi connectivity index (χ4v) is 2.54. The molecular weight excluding hydrogens is 358 g/mol. The van der Waals surface area contributed by atoms with Gasteiger partial charge in [0.05, 0.1) is 0 Å². The quantitative estimate of drug-likeness (QED) is 0.469. The molecule has 8 heteroatoms. The monoisotopic (exact) mass is 385 g/mol. The highest BCUT2D eigenvalue weighted by Gasteiger charge is 2.09. The SMILES string of the molecule is CCNC(=NCc1ccc(C(N)=O)o1)NCCc1cccc(C(=O)N(C)C)c1. The Morgan fingerprint density at radius 1 is 1.18 bits per heavy atom. The number of rotatable bonds is 8. The Hall–Kier alpha value is -3.29. The number of nitrogens with one attached hydrogen (secondary N) is 2. The van der Waals surface area contributed by atoms with Crippen molar-refractivity contribution in [1.82, 2.24) is 15.5 Å². The van der Waals surface area contributed by atoms with Crippen LogP contribution in [0.25, 0.3) is 0 Å². The number of nitrogens with two attached hydrogens (primary N) is 1. The zero-order valence-electron chi connectivity index (χ0n) is 16.5. The molecule has 2 amide bonds. The molecular formula is C20H27N5O3. The summed E-state index contributed by atoms with van der Waals surface area (Å²) in [5.74, 6) is 0.699. The van der Waals surface area contributed by atoms with E-state index in [0.717, 1.165) is 12.0 Å². The third-order valence-corrected chi connectivity index (χ3v) is 3.93. The van der Waals surface area contributed by atoms with E-state index in [2.05, 4.69) is 15.6 Å². The Morgan fingerprint density at radius 2 is 1.96 bits per heavy atom. The number of hydrogen-bond acceptors (Lipinski definition) is 4. The third-order valence-electron chi connectivity index (χ3n) is 3.93. The largest absolute Gasteiger partial charge is 0.454 e. The molecule has 0 aliphatic heterocycles. The summed E-state index contributed by atoms with van der Waals surface area (Å²) in [4.78, 5) is 29.2. The summed E-state index contributed by atoms with van der Waals surface area (Å²) in [7, 11) is 3.47. The van der Waals surface area contributed by atoms with Crippen LogP contribution in [-0.2, 0) is 13.0 Å². The van der Waals surface area contributed by atoms with Crippen molar-refractivity contribution in [1.29, 1.82) is 0 Å². The van der Waals surface area contributed by atoms with Gasteiger partial charge in [-0.15, -0.1) is 0 Å². The zero-order valence-corrected chi connectivity index (χ0v) is 16.5. The molecule has 1 aromatic carbocycles. The summed E-state index contributed by atoms with van der Waals surface area (Å²) < 4.78 is 5.33. The zero-order chi connectivity index (χ0) is 20.5. The highest BCUT2D eigenvalue weighted by atomic mass is 16.3. The number of nitrogens with zero attached hydrogens (tertiary/aromatic N) is 2. The lowest BCUT2D eigenvalue weighted by atomic mass is 10.1. The minimum Gasteiger partial charge on any atom is -0.454 e. The minimum absolute atomic E-state index is 0.0153. The minimum atomic E-state index is -0.602. The second-order valence-corrected chi connectivity index (χ2v) is 6.40. The maximum atomic E-state index is 12.1. The van der Waals surface area contributed by atoms with Gasteiger partial charge in [-0.05, 0) is 43.2 Å². The van der Waals surface area contributed by atoms with Crippen LogP contribution in [0.4, 0.5) is 0 Å². The molecule has 0 unspecified atom stereocenters. The second-order valence-electron chi connectivity index (χ2n) is 6.40. The molecule has 0 bridgehead atoms. The predicted molar refractivity (Wildman–Crippen MR) is 108 cm³/mol. The van der Waals surface area contributed by atoms with Gasteiger partial charge in [0.2, 0.25) is 0 Å². The van der Waals surface area contributed by atoms with Crippen LogP contribution in [0, 0.1) is 0 Å². The maximum Gasteiger partial charge on any atom is 0.284 e. The van der Waals surface area contributed by atoms with Crippen LogP contribution in [0.2, 0.25) is 0 Å². The first-order valence-electron chi connectivity index (χ1n) is 9.12. The van der Waals surface area contributed by atoms with Gasteiger partial charge in [0.1, 0.15) is 12.3 Å². The molecule has 2 rings (SSSR count). The fraction of sp³-hybridized carbons (Fsp3) is 0.350. The van der Waals surface area contributed by atoms with Crippen LogP contribution < -0.4 is 16.4 Å². The number of amides is 2. The lowest BCUT2D eigenvalue weighted by molar-refractivity contribution is 0.0827. The summed E-state index contributed by atoms with van der Waals surface area (Å²) in [6.45, 7) is 3.63. The molecule has 2 aromatic rings. The van der Waals surface area contributed by atoms with Crippen molar-refractivity contribution in [3.05, 3.63) is 59.0 Å². The first-order valence-corrected chi connectivity index (χ1v) is 9.12. The molecule has 0 saturated heterocycles. The Bertz CT molecular complexity index is 842. The van der Waals surface area contributed by atoms with Gasteiger partial charge in [0, 0.05) is 32.7 Å².